The molecule has 2 unspecified atom stereocenters. The van der Waals surface area contributed by atoms with E-state index in [1.54, 1.807) is 20.3 Å². The van der Waals surface area contributed by atoms with Gasteiger partial charge in [-0.1, -0.05) is 0 Å². The average Bonchev–Trinajstić information content (AvgIpc) is 2.90. The molecule has 110 valence electrons. The molecular formula is C16H16O5. The van der Waals surface area contributed by atoms with Gasteiger partial charge in [-0.05, 0) is 12.1 Å². The van der Waals surface area contributed by atoms with Crippen LogP contribution in [0, 0.1) is 0 Å². The second-order valence-corrected chi connectivity index (χ2v) is 5.35. The Balaban J connectivity index is 2.03. The molecule has 2 aliphatic heterocycles. The maximum absolute atomic E-state index is 10.7. The molecule has 5 nitrogen and oxygen atoms in total. The Morgan fingerprint density at radius 2 is 2.00 bits per heavy atom. The van der Waals surface area contributed by atoms with E-state index < -0.39 is 0 Å². The number of hydrogen-bond donors (Lipinski definition) is 1. The fourth-order valence-electron chi connectivity index (χ4n) is 3.15. The zero-order valence-electron chi connectivity index (χ0n) is 11.9. The summed E-state index contributed by atoms with van der Waals surface area (Å²) in [6.07, 6.45) is 0.298. The molecule has 2 heterocycles. The standard InChI is InChI=1S/C16H16O5/c1-18-8-3-11-10(14(5-8)19-2)6-13-12(15(11)17)4-9-7-20-16(13)21-9/h3,5-6,9,16-17H,4,7H2,1-2H3. The fraction of sp³-hybridized carbons (Fsp3) is 0.375. The van der Waals surface area contributed by atoms with Crippen LogP contribution in [0.1, 0.15) is 17.4 Å². The van der Waals surface area contributed by atoms with Gasteiger partial charge in [0.25, 0.3) is 0 Å². The number of fused-ring (bicyclic) bond motifs is 5. The van der Waals surface area contributed by atoms with Crippen molar-refractivity contribution >= 4 is 10.8 Å². The first-order valence-corrected chi connectivity index (χ1v) is 6.88. The van der Waals surface area contributed by atoms with Crippen molar-refractivity contribution in [3.8, 4) is 17.2 Å². The Morgan fingerprint density at radius 1 is 1.14 bits per heavy atom. The number of phenols is 1. The van der Waals surface area contributed by atoms with E-state index >= 15 is 0 Å². The number of hydrogen-bond acceptors (Lipinski definition) is 5. The first kappa shape index (κ1) is 12.7. The summed E-state index contributed by atoms with van der Waals surface area (Å²) in [5, 5.41) is 12.2. The van der Waals surface area contributed by atoms with Gasteiger partial charge < -0.3 is 24.1 Å². The molecule has 21 heavy (non-hydrogen) atoms. The molecule has 0 amide bonds. The number of rotatable bonds is 2. The predicted molar refractivity (Wildman–Crippen MR) is 76.0 cm³/mol. The minimum Gasteiger partial charge on any atom is -0.507 e. The van der Waals surface area contributed by atoms with Crippen molar-refractivity contribution in [3.05, 3.63) is 29.3 Å². The average molecular weight is 288 g/mol. The van der Waals surface area contributed by atoms with E-state index in [-0.39, 0.29) is 18.1 Å². The maximum Gasteiger partial charge on any atom is 0.184 e. The van der Waals surface area contributed by atoms with Crippen LogP contribution < -0.4 is 9.47 Å². The van der Waals surface area contributed by atoms with Gasteiger partial charge in [0.1, 0.15) is 17.2 Å². The number of ether oxygens (including phenoxy) is 4. The van der Waals surface area contributed by atoms with Gasteiger partial charge >= 0.3 is 0 Å². The van der Waals surface area contributed by atoms with Crippen LogP contribution in [0.2, 0.25) is 0 Å². The molecular weight excluding hydrogens is 272 g/mol. The van der Waals surface area contributed by atoms with Crippen molar-refractivity contribution in [2.45, 2.75) is 18.8 Å². The molecule has 0 aliphatic carbocycles. The van der Waals surface area contributed by atoms with E-state index in [1.165, 1.54) is 0 Å². The van der Waals surface area contributed by atoms with Crippen LogP contribution in [0.15, 0.2) is 18.2 Å². The van der Waals surface area contributed by atoms with Gasteiger partial charge in [0.2, 0.25) is 0 Å². The molecule has 1 saturated heterocycles. The first-order chi connectivity index (χ1) is 10.2. The summed E-state index contributed by atoms with van der Waals surface area (Å²) in [5.74, 6) is 1.58. The van der Waals surface area contributed by atoms with Crippen molar-refractivity contribution in [3.63, 3.8) is 0 Å². The molecule has 5 heteroatoms. The highest BCUT2D eigenvalue weighted by atomic mass is 16.7. The molecule has 4 rings (SSSR count). The Hall–Kier alpha value is -1.98. The SMILES string of the molecule is COc1cc(OC)c2cc3c(c(O)c2c1)CC1COC3O1. The molecule has 2 atom stereocenters. The van der Waals surface area contributed by atoms with Crippen molar-refractivity contribution in [1.82, 2.24) is 0 Å². The topological polar surface area (TPSA) is 57.2 Å². The van der Waals surface area contributed by atoms with Crippen molar-refractivity contribution in [2.24, 2.45) is 0 Å². The van der Waals surface area contributed by atoms with Crippen molar-refractivity contribution in [1.29, 1.82) is 0 Å². The van der Waals surface area contributed by atoms with Crippen LogP contribution in [0.25, 0.3) is 10.8 Å². The lowest BCUT2D eigenvalue weighted by Gasteiger charge is -2.24. The third-order valence-corrected chi connectivity index (χ3v) is 4.20. The smallest absolute Gasteiger partial charge is 0.184 e. The molecule has 0 saturated carbocycles. The third-order valence-electron chi connectivity index (χ3n) is 4.20. The van der Waals surface area contributed by atoms with Gasteiger partial charge in [-0.2, -0.15) is 0 Å². The highest BCUT2D eigenvalue weighted by Crippen LogP contribution is 2.46. The monoisotopic (exact) mass is 288 g/mol. The molecule has 2 bridgehead atoms. The van der Waals surface area contributed by atoms with E-state index in [2.05, 4.69) is 0 Å². The van der Waals surface area contributed by atoms with Crippen LogP contribution in [-0.2, 0) is 15.9 Å². The van der Waals surface area contributed by atoms with Crippen molar-refractivity contribution < 1.29 is 24.1 Å². The molecule has 1 fully saturated rings. The Labute approximate surface area is 122 Å². The largest absolute Gasteiger partial charge is 0.507 e. The minimum absolute atomic E-state index is 0.0263. The Bertz CT molecular complexity index is 724. The number of phenolic OH excluding ortho intramolecular Hbond substituents is 1. The molecule has 2 aliphatic rings. The molecule has 2 aromatic rings. The summed E-state index contributed by atoms with van der Waals surface area (Å²) < 4.78 is 22.1. The summed E-state index contributed by atoms with van der Waals surface area (Å²) in [7, 11) is 3.20. The molecule has 0 spiro atoms. The highest BCUT2D eigenvalue weighted by molar-refractivity contribution is 5.96. The van der Waals surface area contributed by atoms with Gasteiger partial charge in [0.15, 0.2) is 6.29 Å². The van der Waals surface area contributed by atoms with Crippen LogP contribution in [0.3, 0.4) is 0 Å². The number of aromatic hydroxyl groups is 1. The van der Waals surface area contributed by atoms with Crippen LogP contribution in [0.5, 0.6) is 17.2 Å². The summed E-state index contributed by atoms with van der Waals surface area (Å²) >= 11 is 0. The summed E-state index contributed by atoms with van der Waals surface area (Å²) in [6.45, 7) is 0.565. The number of methoxy groups -OCH3 is 2. The molecule has 0 aromatic heterocycles. The quantitative estimate of drug-likeness (QED) is 0.920. The van der Waals surface area contributed by atoms with Gasteiger partial charge in [-0.3, -0.25) is 0 Å². The second kappa shape index (κ2) is 4.51. The maximum atomic E-state index is 10.7. The molecule has 2 aromatic carbocycles. The first-order valence-electron chi connectivity index (χ1n) is 6.88. The lowest BCUT2D eigenvalue weighted by Crippen LogP contribution is -2.19. The van der Waals surface area contributed by atoms with Gasteiger partial charge in [0.05, 0.1) is 26.9 Å². The molecule has 0 radical (unpaired) electrons. The number of benzene rings is 2. The summed E-state index contributed by atoms with van der Waals surface area (Å²) in [4.78, 5) is 0. The zero-order valence-corrected chi connectivity index (χ0v) is 11.9. The van der Waals surface area contributed by atoms with Crippen LogP contribution in [0.4, 0.5) is 0 Å². The zero-order chi connectivity index (χ0) is 14.6. The fourth-order valence-corrected chi connectivity index (χ4v) is 3.15. The third kappa shape index (κ3) is 1.78. The van der Waals surface area contributed by atoms with Gasteiger partial charge in [-0.25, -0.2) is 0 Å². The summed E-state index contributed by atoms with van der Waals surface area (Å²) in [6, 6.07) is 5.61. The van der Waals surface area contributed by atoms with Gasteiger partial charge in [0, 0.05) is 34.4 Å². The Kier molecular flexibility index (Phi) is 2.74. The summed E-state index contributed by atoms with van der Waals surface area (Å²) in [5.41, 5.74) is 1.79. The minimum atomic E-state index is -0.388. The highest BCUT2D eigenvalue weighted by Gasteiger charge is 2.37. The predicted octanol–water partition coefficient (Wildman–Crippen LogP) is 2.53. The lowest BCUT2D eigenvalue weighted by atomic mass is 9.93. The van der Waals surface area contributed by atoms with Crippen molar-refractivity contribution in [2.75, 3.05) is 20.8 Å². The lowest BCUT2D eigenvalue weighted by molar-refractivity contribution is -0.0679. The van der Waals surface area contributed by atoms with E-state index in [9.17, 15) is 5.11 Å². The second-order valence-electron chi connectivity index (χ2n) is 5.35. The van der Waals surface area contributed by atoms with E-state index in [4.69, 9.17) is 18.9 Å². The Morgan fingerprint density at radius 3 is 2.76 bits per heavy atom. The van der Waals surface area contributed by atoms with E-state index in [0.29, 0.717) is 24.5 Å². The van der Waals surface area contributed by atoms with Crippen LogP contribution >= 0.6 is 0 Å². The van der Waals surface area contributed by atoms with E-state index in [1.807, 2.05) is 12.1 Å². The normalized spacial score (nSPS) is 23.1. The molecule has 1 N–H and O–H groups in total. The van der Waals surface area contributed by atoms with E-state index in [0.717, 1.165) is 21.9 Å². The van der Waals surface area contributed by atoms with Gasteiger partial charge in [-0.15, -0.1) is 0 Å². The van der Waals surface area contributed by atoms with Crippen LogP contribution in [-0.4, -0.2) is 32.0 Å².